The minimum atomic E-state index is 0. The van der Waals surface area contributed by atoms with Gasteiger partial charge in [0.25, 0.3) is 0 Å². The first-order valence-corrected chi connectivity index (χ1v) is 10.1. The van der Waals surface area contributed by atoms with Gasteiger partial charge in [-0.1, -0.05) is 75.1 Å². The summed E-state index contributed by atoms with van der Waals surface area (Å²) < 4.78 is 0. The predicted molar refractivity (Wildman–Crippen MR) is 121 cm³/mol. The van der Waals surface area contributed by atoms with Crippen molar-refractivity contribution in [1.82, 2.24) is 15.3 Å². The van der Waals surface area contributed by atoms with E-state index >= 15 is 0 Å². The van der Waals surface area contributed by atoms with Gasteiger partial charge in [-0.15, -0.1) is 12.4 Å². The third kappa shape index (κ3) is 6.74. The maximum atomic E-state index is 8.97. The fraction of sp³-hybridized carbons (Fsp3) is 0.333. The summed E-state index contributed by atoms with van der Waals surface area (Å²) in [6, 6.07) is 20.4. The molecule has 4 nitrogen and oxygen atoms in total. The monoisotopic (exact) mass is 408 g/mol. The molecule has 0 saturated heterocycles. The van der Waals surface area contributed by atoms with Gasteiger partial charge in [0.1, 0.15) is 5.82 Å². The van der Waals surface area contributed by atoms with Crippen molar-refractivity contribution in [1.29, 1.82) is 5.26 Å². The van der Waals surface area contributed by atoms with Crippen molar-refractivity contribution in [2.75, 3.05) is 0 Å². The number of imidazole rings is 1. The number of nitrogens with zero attached hydrogens (tertiary/aromatic N) is 2. The molecule has 5 heteroatoms. The van der Waals surface area contributed by atoms with Crippen LogP contribution in [0.1, 0.15) is 62.0 Å². The Hall–Kier alpha value is -2.61. The van der Waals surface area contributed by atoms with E-state index in [0.717, 1.165) is 30.0 Å². The van der Waals surface area contributed by atoms with Crippen molar-refractivity contribution >= 4 is 12.4 Å². The van der Waals surface area contributed by atoms with Gasteiger partial charge in [-0.3, -0.25) is 0 Å². The minimum absolute atomic E-state index is 0. The van der Waals surface area contributed by atoms with Crippen molar-refractivity contribution in [3.8, 4) is 17.3 Å². The second-order valence-electron chi connectivity index (χ2n) is 7.14. The summed E-state index contributed by atoms with van der Waals surface area (Å²) in [6.07, 6.45) is 7.91. The van der Waals surface area contributed by atoms with Crippen molar-refractivity contribution in [3.63, 3.8) is 0 Å². The van der Waals surface area contributed by atoms with Crippen LogP contribution < -0.4 is 5.32 Å². The lowest BCUT2D eigenvalue weighted by atomic mass is 10.1. The molecule has 0 aliphatic rings. The number of benzene rings is 2. The van der Waals surface area contributed by atoms with E-state index in [1.807, 2.05) is 36.5 Å². The zero-order chi connectivity index (χ0) is 19.6. The van der Waals surface area contributed by atoms with Gasteiger partial charge in [0.2, 0.25) is 0 Å². The summed E-state index contributed by atoms with van der Waals surface area (Å²) in [7, 11) is 0. The average molecular weight is 409 g/mol. The van der Waals surface area contributed by atoms with Gasteiger partial charge in [0.15, 0.2) is 0 Å². The lowest BCUT2D eigenvalue weighted by Crippen LogP contribution is -2.22. The maximum Gasteiger partial charge on any atom is 0.123 e. The zero-order valence-electron chi connectivity index (χ0n) is 16.9. The zero-order valence-corrected chi connectivity index (χ0v) is 17.7. The first kappa shape index (κ1) is 22.7. The fourth-order valence-corrected chi connectivity index (χ4v) is 3.33. The maximum absolute atomic E-state index is 8.97. The molecule has 1 atom stereocenters. The molecule has 0 radical (unpaired) electrons. The van der Waals surface area contributed by atoms with Crippen molar-refractivity contribution in [3.05, 3.63) is 77.7 Å². The second kappa shape index (κ2) is 12.1. The lowest BCUT2D eigenvalue weighted by molar-refractivity contribution is 0.453. The summed E-state index contributed by atoms with van der Waals surface area (Å²) >= 11 is 0. The average Bonchev–Trinajstić information content (AvgIpc) is 3.24. The Morgan fingerprint density at radius 1 is 1.03 bits per heavy atom. The van der Waals surface area contributed by atoms with E-state index in [-0.39, 0.29) is 18.4 Å². The van der Waals surface area contributed by atoms with E-state index in [0.29, 0.717) is 5.56 Å². The van der Waals surface area contributed by atoms with Crippen LogP contribution >= 0.6 is 12.4 Å². The Balaban J connectivity index is 0.00000300. The highest BCUT2D eigenvalue weighted by atomic mass is 35.5. The molecule has 0 bridgehead atoms. The molecule has 0 aliphatic carbocycles. The molecule has 2 N–H and O–H groups in total. The van der Waals surface area contributed by atoms with Gasteiger partial charge in [0.05, 0.1) is 29.6 Å². The van der Waals surface area contributed by atoms with Crippen LogP contribution in [0, 0.1) is 11.3 Å². The van der Waals surface area contributed by atoms with E-state index in [2.05, 4.69) is 52.5 Å². The van der Waals surface area contributed by atoms with Crippen LogP contribution in [0.4, 0.5) is 0 Å². The normalized spacial score (nSPS) is 11.4. The predicted octanol–water partition coefficient (Wildman–Crippen LogP) is 6.17. The molecule has 152 valence electrons. The van der Waals surface area contributed by atoms with Crippen molar-refractivity contribution in [2.24, 2.45) is 0 Å². The van der Waals surface area contributed by atoms with E-state index in [4.69, 9.17) is 5.26 Å². The molecular weight excluding hydrogens is 380 g/mol. The number of nitrogens with one attached hydrogen (secondary N) is 2. The van der Waals surface area contributed by atoms with E-state index < -0.39 is 0 Å². The van der Waals surface area contributed by atoms with E-state index in [1.165, 1.54) is 31.2 Å². The van der Waals surface area contributed by atoms with E-state index in [9.17, 15) is 0 Å². The van der Waals surface area contributed by atoms with Crippen LogP contribution in [0.15, 0.2) is 60.8 Å². The van der Waals surface area contributed by atoms with Crippen LogP contribution in [-0.4, -0.2) is 9.97 Å². The van der Waals surface area contributed by atoms with Gasteiger partial charge in [-0.25, -0.2) is 4.98 Å². The third-order valence-electron chi connectivity index (χ3n) is 4.99. The number of unbranched alkanes of at least 4 members (excludes halogenated alkanes) is 3. The Morgan fingerprint density at radius 2 is 1.79 bits per heavy atom. The molecule has 0 fully saturated rings. The molecule has 0 spiro atoms. The Labute approximate surface area is 179 Å². The number of aromatic amines is 1. The molecule has 1 heterocycles. The van der Waals surface area contributed by atoms with Gasteiger partial charge in [0, 0.05) is 6.54 Å². The molecule has 3 rings (SSSR count). The standard InChI is InChI=1S/C24H28N4.ClH/c1-2-3-4-8-11-22(26-17-20-9-6-5-7-10-20)24-27-18-23(28-24)21-14-12-19(16-25)13-15-21;/h5-7,9-10,12-15,18,22,26H,2-4,8,11,17H2,1H3,(H,27,28);1H. The van der Waals surface area contributed by atoms with Gasteiger partial charge >= 0.3 is 0 Å². The number of halogens is 1. The van der Waals surface area contributed by atoms with Crippen LogP contribution in [0.5, 0.6) is 0 Å². The summed E-state index contributed by atoms with van der Waals surface area (Å²) in [4.78, 5) is 8.15. The highest BCUT2D eigenvalue weighted by Crippen LogP contribution is 2.23. The number of H-pyrrole nitrogens is 1. The molecule has 29 heavy (non-hydrogen) atoms. The minimum Gasteiger partial charge on any atom is -0.341 e. The highest BCUT2D eigenvalue weighted by Gasteiger charge is 2.15. The van der Waals surface area contributed by atoms with Gasteiger partial charge < -0.3 is 10.3 Å². The molecule has 0 saturated carbocycles. The highest BCUT2D eigenvalue weighted by molar-refractivity contribution is 5.85. The Bertz CT molecular complexity index is 881. The molecule has 1 unspecified atom stereocenters. The van der Waals surface area contributed by atoms with Crippen LogP contribution in [0.3, 0.4) is 0 Å². The molecule has 3 aromatic rings. The molecule has 0 aliphatic heterocycles. The van der Waals surface area contributed by atoms with Crippen molar-refractivity contribution in [2.45, 2.75) is 51.6 Å². The second-order valence-corrected chi connectivity index (χ2v) is 7.14. The molecule has 0 amide bonds. The van der Waals surface area contributed by atoms with Crippen molar-refractivity contribution < 1.29 is 0 Å². The van der Waals surface area contributed by atoms with Crippen LogP contribution in [0.25, 0.3) is 11.3 Å². The first-order valence-electron chi connectivity index (χ1n) is 10.1. The number of aromatic nitrogens is 2. The number of nitriles is 1. The molecule has 1 aromatic heterocycles. The largest absolute Gasteiger partial charge is 0.341 e. The fourth-order valence-electron chi connectivity index (χ4n) is 3.33. The third-order valence-corrected chi connectivity index (χ3v) is 4.99. The molecule has 2 aromatic carbocycles. The smallest absolute Gasteiger partial charge is 0.123 e. The first-order chi connectivity index (χ1) is 13.8. The number of rotatable bonds is 10. The number of hydrogen-bond acceptors (Lipinski definition) is 3. The van der Waals surface area contributed by atoms with Gasteiger partial charge in [-0.2, -0.15) is 5.26 Å². The SMILES string of the molecule is CCCCCCC(NCc1ccccc1)c1ncc(-c2ccc(C#N)cc2)[nH]1.Cl. The lowest BCUT2D eigenvalue weighted by Gasteiger charge is -2.17. The van der Waals surface area contributed by atoms with Gasteiger partial charge in [-0.05, 0) is 29.7 Å². The van der Waals surface area contributed by atoms with E-state index in [1.54, 1.807) is 0 Å². The van der Waals surface area contributed by atoms with Crippen LogP contribution in [0.2, 0.25) is 0 Å². The summed E-state index contributed by atoms with van der Waals surface area (Å²) in [6.45, 7) is 3.06. The summed E-state index contributed by atoms with van der Waals surface area (Å²) in [5, 5.41) is 12.6. The topological polar surface area (TPSA) is 64.5 Å². The molecular formula is C24H29ClN4. The quantitative estimate of drug-likeness (QED) is 0.394. The summed E-state index contributed by atoms with van der Waals surface area (Å²) in [5.74, 6) is 0.979. The Kier molecular flexibility index (Phi) is 9.43. The number of hydrogen-bond donors (Lipinski definition) is 2. The Morgan fingerprint density at radius 3 is 2.48 bits per heavy atom. The summed E-state index contributed by atoms with van der Waals surface area (Å²) in [5.41, 5.74) is 3.98. The van der Waals surface area contributed by atoms with Crippen LogP contribution in [-0.2, 0) is 6.54 Å².